The van der Waals surface area contributed by atoms with Crippen LogP contribution in [0.4, 0.5) is 5.69 Å². The lowest BCUT2D eigenvalue weighted by atomic mass is 10.0. The molecule has 2 aromatic carbocycles. The molecule has 4 nitrogen and oxygen atoms in total. The number of hydrogen-bond acceptors (Lipinski definition) is 3. The van der Waals surface area contributed by atoms with E-state index in [0.717, 1.165) is 53.3 Å². The van der Waals surface area contributed by atoms with Crippen LogP contribution in [0.5, 0.6) is 0 Å². The number of aliphatic imine (C=N–C) groups is 1. The van der Waals surface area contributed by atoms with E-state index in [9.17, 15) is 5.21 Å². The van der Waals surface area contributed by atoms with Crippen LogP contribution in [-0.4, -0.2) is 40.8 Å². The summed E-state index contributed by atoms with van der Waals surface area (Å²) in [5.41, 5.74) is 3.11. The van der Waals surface area contributed by atoms with Crippen molar-refractivity contribution in [3.63, 3.8) is 0 Å². The summed E-state index contributed by atoms with van der Waals surface area (Å²) in [6, 6.07) is 15.3. The van der Waals surface area contributed by atoms with Gasteiger partial charge in [-0.25, -0.2) is 4.99 Å². The van der Waals surface area contributed by atoms with E-state index in [-0.39, 0.29) is 6.54 Å². The van der Waals surface area contributed by atoms with Crippen LogP contribution in [0.25, 0.3) is 0 Å². The Bertz CT molecular complexity index is 824. The molecule has 0 unspecified atom stereocenters. The number of fused-ring (bicyclic) bond motifs is 1. The average Bonchev–Trinajstić information content (AvgIpc) is 3.07. The number of amidine groups is 1. The molecule has 2 aliphatic rings. The van der Waals surface area contributed by atoms with Gasteiger partial charge in [-0.15, -0.1) is 0 Å². The number of hydrogen-bond donors (Lipinski definition) is 0. The van der Waals surface area contributed by atoms with Gasteiger partial charge in [0.25, 0.3) is 0 Å². The van der Waals surface area contributed by atoms with Gasteiger partial charge in [0.1, 0.15) is 0 Å². The first kappa shape index (κ1) is 15.2. The minimum absolute atomic E-state index is 0.260. The van der Waals surface area contributed by atoms with E-state index in [1.54, 1.807) is 0 Å². The highest BCUT2D eigenvalue weighted by Crippen LogP contribution is 2.29. The van der Waals surface area contributed by atoms with Crippen molar-refractivity contribution in [2.45, 2.75) is 12.8 Å². The second-order valence-electron chi connectivity index (χ2n) is 6.13. The van der Waals surface area contributed by atoms with Gasteiger partial charge in [0.2, 0.25) is 12.3 Å². The quantitative estimate of drug-likeness (QED) is 0.585. The van der Waals surface area contributed by atoms with E-state index < -0.39 is 0 Å². The molecular formula is C19H18ClN3O. The Kier molecular flexibility index (Phi) is 3.98. The summed E-state index contributed by atoms with van der Waals surface area (Å²) in [5, 5.41) is 13.6. The molecule has 0 aliphatic carbocycles. The topological polar surface area (TPSA) is 41.7 Å². The molecule has 0 atom stereocenters. The number of nitrogens with zero attached hydrogens (tertiary/aromatic N) is 3. The van der Waals surface area contributed by atoms with Gasteiger partial charge in [-0.05, 0) is 43.2 Å². The third-order valence-electron chi connectivity index (χ3n) is 4.52. The van der Waals surface area contributed by atoms with E-state index in [1.807, 2.05) is 48.5 Å². The zero-order chi connectivity index (χ0) is 16.5. The molecule has 0 amide bonds. The Morgan fingerprint density at radius 1 is 1.04 bits per heavy atom. The van der Waals surface area contributed by atoms with Gasteiger partial charge in [-0.1, -0.05) is 29.8 Å². The molecule has 2 aromatic rings. The number of likely N-dealkylation sites (tertiary alicyclic amines) is 1. The molecule has 1 fully saturated rings. The van der Waals surface area contributed by atoms with Gasteiger partial charge in [-0.2, -0.15) is 4.74 Å². The second kappa shape index (κ2) is 6.29. The Morgan fingerprint density at radius 3 is 2.54 bits per heavy atom. The molecule has 24 heavy (non-hydrogen) atoms. The van der Waals surface area contributed by atoms with Crippen LogP contribution in [0, 0.1) is 5.21 Å². The van der Waals surface area contributed by atoms with Gasteiger partial charge in [-0.3, -0.25) is 0 Å². The number of rotatable bonds is 1. The molecule has 0 saturated carbocycles. The van der Waals surface area contributed by atoms with E-state index in [4.69, 9.17) is 16.6 Å². The molecular weight excluding hydrogens is 322 g/mol. The zero-order valence-corrected chi connectivity index (χ0v) is 14.0. The van der Waals surface area contributed by atoms with Crippen molar-refractivity contribution in [2.24, 2.45) is 4.99 Å². The van der Waals surface area contributed by atoms with Crippen molar-refractivity contribution >= 4 is 28.8 Å². The van der Waals surface area contributed by atoms with Crippen LogP contribution in [0.15, 0.2) is 53.5 Å². The normalized spacial score (nSPS) is 17.5. The first-order valence-electron chi connectivity index (χ1n) is 8.22. The fourth-order valence-electron chi connectivity index (χ4n) is 3.35. The summed E-state index contributed by atoms with van der Waals surface area (Å²) in [4.78, 5) is 7.03. The predicted molar refractivity (Wildman–Crippen MR) is 97.5 cm³/mol. The summed E-state index contributed by atoms with van der Waals surface area (Å²) >= 11 is 6.20. The average molecular weight is 340 g/mol. The molecule has 0 spiro atoms. The third-order valence-corrected chi connectivity index (χ3v) is 4.75. The number of hydroxylamine groups is 1. The molecule has 5 heteroatoms. The van der Waals surface area contributed by atoms with Crippen LogP contribution in [0.1, 0.15) is 24.0 Å². The van der Waals surface area contributed by atoms with Crippen molar-refractivity contribution in [1.82, 2.24) is 4.90 Å². The molecule has 1 saturated heterocycles. The Morgan fingerprint density at radius 2 is 1.79 bits per heavy atom. The van der Waals surface area contributed by atoms with Crippen LogP contribution < -0.4 is 0 Å². The molecule has 4 rings (SSSR count). The van der Waals surface area contributed by atoms with Gasteiger partial charge < -0.3 is 10.1 Å². The Labute approximate surface area is 146 Å². The standard InChI is InChI=1S/C19H18ClN3O/c20-15-8-9-17-16(12-15)19(14-6-2-1-3-7-14)23(24)13-18(21-17)22-10-4-5-11-22/h1-3,6-9,12H,4-5,10-11,13H2. The van der Waals surface area contributed by atoms with Gasteiger partial charge in [0, 0.05) is 23.7 Å². The lowest BCUT2D eigenvalue weighted by Crippen LogP contribution is -2.34. The highest BCUT2D eigenvalue weighted by molar-refractivity contribution is 6.31. The summed E-state index contributed by atoms with van der Waals surface area (Å²) in [7, 11) is 0. The Balaban J connectivity index is 1.89. The van der Waals surface area contributed by atoms with Crippen LogP contribution >= 0.6 is 11.6 Å². The molecule has 2 heterocycles. The fourth-order valence-corrected chi connectivity index (χ4v) is 3.53. The largest absolute Gasteiger partial charge is 0.623 e. The smallest absolute Gasteiger partial charge is 0.228 e. The van der Waals surface area contributed by atoms with Crippen molar-refractivity contribution < 1.29 is 4.74 Å². The summed E-state index contributed by atoms with van der Waals surface area (Å²) < 4.78 is 1.05. The van der Waals surface area contributed by atoms with E-state index in [2.05, 4.69) is 4.90 Å². The summed E-state index contributed by atoms with van der Waals surface area (Å²) in [5.74, 6) is 0.844. The summed E-state index contributed by atoms with van der Waals surface area (Å²) in [6.45, 7) is 2.20. The highest BCUT2D eigenvalue weighted by atomic mass is 35.5. The van der Waals surface area contributed by atoms with Crippen LogP contribution in [0.2, 0.25) is 5.02 Å². The SMILES string of the molecule is [O-][N+]1=C(c2ccccc2)c2cc(Cl)ccc2N=C(N2CCCC2)C1. The summed E-state index contributed by atoms with van der Waals surface area (Å²) in [6.07, 6.45) is 2.31. The number of halogens is 1. The molecule has 0 aromatic heterocycles. The molecule has 0 bridgehead atoms. The predicted octanol–water partition coefficient (Wildman–Crippen LogP) is 3.83. The van der Waals surface area contributed by atoms with E-state index >= 15 is 0 Å². The lowest BCUT2D eigenvalue weighted by Gasteiger charge is -2.18. The first-order valence-corrected chi connectivity index (χ1v) is 8.59. The third kappa shape index (κ3) is 2.78. The van der Waals surface area contributed by atoms with Crippen molar-refractivity contribution in [1.29, 1.82) is 0 Å². The van der Waals surface area contributed by atoms with Gasteiger partial charge >= 0.3 is 0 Å². The molecule has 0 radical (unpaired) electrons. The zero-order valence-electron chi connectivity index (χ0n) is 13.3. The molecule has 0 N–H and O–H groups in total. The van der Waals surface area contributed by atoms with Crippen molar-refractivity contribution in [3.8, 4) is 0 Å². The maximum absolute atomic E-state index is 13.0. The minimum Gasteiger partial charge on any atom is -0.623 e. The van der Waals surface area contributed by atoms with E-state index in [0.29, 0.717) is 10.7 Å². The lowest BCUT2D eigenvalue weighted by molar-refractivity contribution is -0.440. The highest BCUT2D eigenvalue weighted by Gasteiger charge is 2.27. The fraction of sp³-hybridized carbons (Fsp3) is 0.263. The van der Waals surface area contributed by atoms with Crippen molar-refractivity contribution in [3.05, 3.63) is 69.9 Å². The maximum Gasteiger partial charge on any atom is 0.228 e. The van der Waals surface area contributed by atoms with E-state index in [1.165, 1.54) is 0 Å². The van der Waals surface area contributed by atoms with Crippen molar-refractivity contribution in [2.75, 3.05) is 19.6 Å². The monoisotopic (exact) mass is 339 g/mol. The van der Waals surface area contributed by atoms with Gasteiger partial charge in [0.05, 0.1) is 11.3 Å². The number of benzene rings is 2. The van der Waals surface area contributed by atoms with Crippen LogP contribution in [0.3, 0.4) is 0 Å². The molecule has 122 valence electrons. The minimum atomic E-state index is 0.260. The molecule has 2 aliphatic heterocycles. The first-order chi connectivity index (χ1) is 11.7. The maximum atomic E-state index is 13.0. The second-order valence-corrected chi connectivity index (χ2v) is 6.57. The Hall–Kier alpha value is -2.33. The van der Waals surface area contributed by atoms with Crippen LogP contribution in [-0.2, 0) is 0 Å². The van der Waals surface area contributed by atoms with Gasteiger partial charge in [0.15, 0.2) is 5.84 Å².